The van der Waals surface area contributed by atoms with E-state index in [0.29, 0.717) is 11.5 Å². The van der Waals surface area contributed by atoms with Crippen molar-refractivity contribution in [1.82, 2.24) is 10.0 Å². The van der Waals surface area contributed by atoms with E-state index < -0.39 is 10.0 Å². The van der Waals surface area contributed by atoms with Gasteiger partial charge >= 0.3 is 0 Å². The maximum absolute atomic E-state index is 12.6. The summed E-state index contributed by atoms with van der Waals surface area (Å²) < 4.78 is 26.2. The van der Waals surface area contributed by atoms with Gasteiger partial charge in [0.2, 0.25) is 10.0 Å². The number of hydrogen-bond acceptors (Lipinski definition) is 4. The molecule has 7 heteroatoms. The van der Waals surface area contributed by atoms with Crippen molar-refractivity contribution < 1.29 is 13.2 Å². The van der Waals surface area contributed by atoms with Crippen molar-refractivity contribution in [2.24, 2.45) is 5.92 Å². The number of anilines is 1. The van der Waals surface area contributed by atoms with Crippen molar-refractivity contribution in [3.05, 3.63) is 59.7 Å². The molecule has 0 bridgehead atoms. The minimum Gasteiger partial charge on any atom is -0.371 e. The van der Waals surface area contributed by atoms with Gasteiger partial charge in [0, 0.05) is 24.3 Å². The van der Waals surface area contributed by atoms with Crippen LogP contribution in [0, 0.1) is 5.92 Å². The van der Waals surface area contributed by atoms with Crippen LogP contribution in [0.25, 0.3) is 0 Å². The van der Waals surface area contributed by atoms with Crippen LogP contribution in [0.5, 0.6) is 0 Å². The lowest BCUT2D eigenvalue weighted by molar-refractivity contribution is 0.0939. The van der Waals surface area contributed by atoms with Crippen molar-refractivity contribution >= 4 is 21.6 Å². The number of benzene rings is 2. The molecule has 2 aromatic carbocycles. The molecule has 3 rings (SSSR count). The molecule has 2 aromatic rings. The molecule has 2 atom stereocenters. The fourth-order valence-electron chi connectivity index (χ4n) is 3.68. The molecule has 1 amide bonds. The van der Waals surface area contributed by atoms with Crippen molar-refractivity contribution in [2.45, 2.75) is 37.6 Å². The molecule has 0 radical (unpaired) electrons. The van der Waals surface area contributed by atoms with Gasteiger partial charge in [-0.15, -0.1) is 0 Å². The number of nitrogens with one attached hydrogen (secondary N) is 2. The van der Waals surface area contributed by atoms with E-state index in [9.17, 15) is 13.2 Å². The summed E-state index contributed by atoms with van der Waals surface area (Å²) in [6.45, 7) is 6.37. The Hall–Kier alpha value is -2.38. The predicted octanol–water partition coefficient (Wildman–Crippen LogP) is 3.32. The summed E-state index contributed by atoms with van der Waals surface area (Å²) in [4.78, 5) is 15.1. The number of nitrogens with zero attached hydrogens (tertiary/aromatic N) is 1. The molecule has 6 nitrogen and oxygen atoms in total. The molecule has 0 unspecified atom stereocenters. The van der Waals surface area contributed by atoms with Crippen LogP contribution in [-0.2, 0) is 10.0 Å². The summed E-state index contributed by atoms with van der Waals surface area (Å²) in [6.07, 6.45) is 2.51. The SMILES string of the molecule is CNS(=O)(=O)c1cccc(C(=O)N[C@@H](C)c2ccc(N3CCC[C@H](C)C3)cc2)c1. The Kier molecular flexibility index (Phi) is 6.59. The molecule has 156 valence electrons. The summed E-state index contributed by atoms with van der Waals surface area (Å²) in [5, 5.41) is 2.95. The van der Waals surface area contributed by atoms with Gasteiger partial charge in [-0.3, -0.25) is 4.79 Å². The van der Waals surface area contributed by atoms with Crippen LogP contribution in [0.2, 0.25) is 0 Å². The van der Waals surface area contributed by atoms with Crippen molar-refractivity contribution in [3.63, 3.8) is 0 Å². The highest BCUT2D eigenvalue weighted by Gasteiger charge is 2.18. The molecule has 1 heterocycles. The molecule has 1 aliphatic rings. The number of sulfonamides is 1. The Morgan fingerprint density at radius 1 is 1.17 bits per heavy atom. The van der Waals surface area contributed by atoms with E-state index in [4.69, 9.17) is 0 Å². The molecule has 29 heavy (non-hydrogen) atoms. The molecule has 0 spiro atoms. The maximum atomic E-state index is 12.6. The van der Waals surface area contributed by atoms with Crippen LogP contribution < -0.4 is 14.9 Å². The van der Waals surface area contributed by atoms with Gasteiger partial charge in [-0.05, 0) is 68.6 Å². The zero-order valence-electron chi connectivity index (χ0n) is 17.2. The molecule has 0 aromatic heterocycles. The van der Waals surface area contributed by atoms with E-state index in [-0.39, 0.29) is 16.8 Å². The number of piperidine rings is 1. The third kappa shape index (κ3) is 5.16. The summed E-state index contributed by atoms with van der Waals surface area (Å²) in [6, 6.07) is 14.1. The third-order valence-electron chi connectivity index (χ3n) is 5.44. The van der Waals surface area contributed by atoms with Gasteiger partial charge in [-0.2, -0.15) is 0 Å². The molecule has 2 N–H and O–H groups in total. The zero-order valence-corrected chi connectivity index (χ0v) is 18.0. The number of amides is 1. The van der Waals surface area contributed by atoms with Gasteiger partial charge in [0.1, 0.15) is 0 Å². The van der Waals surface area contributed by atoms with Gasteiger partial charge in [0.05, 0.1) is 10.9 Å². The van der Waals surface area contributed by atoms with Crippen LogP contribution in [0.3, 0.4) is 0 Å². The predicted molar refractivity (Wildman–Crippen MR) is 116 cm³/mol. The van der Waals surface area contributed by atoms with Gasteiger partial charge in [-0.25, -0.2) is 13.1 Å². The van der Waals surface area contributed by atoms with E-state index >= 15 is 0 Å². The largest absolute Gasteiger partial charge is 0.371 e. The van der Waals surface area contributed by atoms with Gasteiger partial charge in [0.25, 0.3) is 5.91 Å². The second-order valence-electron chi connectivity index (χ2n) is 7.72. The minimum absolute atomic E-state index is 0.0698. The fourth-order valence-corrected chi connectivity index (χ4v) is 4.46. The van der Waals surface area contributed by atoms with Crippen LogP contribution in [-0.4, -0.2) is 34.5 Å². The minimum atomic E-state index is -3.59. The lowest BCUT2D eigenvalue weighted by Crippen LogP contribution is -2.34. The normalized spacial score (nSPS) is 18.3. The second-order valence-corrected chi connectivity index (χ2v) is 9.60. The molecule has 1 aliphatic heterocycles. The second kappa shape index (κ2) is 8.97. The van der Waals surface area contributed by atoms with E-state index in [0.717, 1.165) is 18.7 Å². The number of carbonyl (C=O) groups excluding carboxylic acids is 1. The first-order valence-corrected chi connectivity index (χ1v) is 11.5. The monoisotopic (exact) mass is 415 g/mol. The van der Waals surface area contributed by atoms with Crippen molar-refractivity contribution in [3.8, 4) is 0 Å². The van der Waals surface area contributed by atoms with Crippen LogP contribution >= 0.6 is 0 Å². The molecular formula is C22H29N3O3S. The summed E-state index contributed by atoms with van der Waals surface area (Å²) in [5.74, 6) is 0.406. The smallest absolute Gasteiger partial charge is 0.251 e. The Morgan fingerprint density at radius 2 is 1.90 bits per heavy atom. The summed E-state index contributed by atoms with van der Waals surface area (Å²) in [5.41, 5.74) is 2.53. The topological polar surface area (TPSA) is 78.5 Å². The molecule has 1 saturated heterocycles. The average Bonchev–Trinajstić information content (AvgIpc) is 2.74. The van der Waals surface area contributed by atoms with E-state index in [2.05, 4.69) is 34.0 Å². The van der Waals surface area contributed by atoms with Crippen LogP contribution in [0.15, 0.2) is 53.4 Å². The highest BCUT2D eigenvalue weighted by molar-refractivity contribution is 7.89. The number of hydrogen-bond donors (Lipinski definition) is 2. The third-order valence-corrected chi connectivity index (χ3v) is 6.85. The lowest BCUT2D eigenvalue weighted by atomic mass is 9.99. The quantitative estimate of drug-likeness (QED) is 0.759. The fraction of sp³-hybridized carbons (Fsp3) is 0.409. The molecular weight excluding hydrogens is 386 g/mol. The summed E-state index contributed by atoms with van der Waals surface area (Å²) in [7, 11) is -2.24. The Morgan fingerprint density at radius 3 is 2.55 bits per heavy atom. The Labute approximate surface area is 173 Å². The Bertz CT molecular complexity index is 958. The highest BCUT2D eigenvalue weighted by Crippen LogP contribution is 2.25. The van der Waals surface area contributed by atoms with E-state index in [1.165, 1.54) is 37.7 Å². The zero-order chi connectivity index (χ0) is 21.0. The Balaban J connectivity index is 1.68. The van der Waals surface area contributed by atoms with Crippen LogP contribution in [0.1, 0.15) is 48.7 Å². The molecule has 1 fully saturated rings. The van der Waals surface area contributed by atoms with Gasteiger partial charge < -0.3 is 10.2 Å². The van der Waals surface area contributed by atoms with Crippen LogP contribution in [0.4, 0.5) is 5.69 Å². The highest BCUT2D eigenvalue weighted by atomic mass is 32.2. The molecule has 0 saturated carbocycles. The first-order valence-electron chi connectivity index (χ1n) is 9.99. The summed E-state index contributed by atoms with van der Waals surface area (Å²) >= 11 is 0. The van der Waals surface area contributed by atoms with Gasteiger partial charge in [-0.1, -0.05) is 25.1 Å². The van der Waals surface area contributed by atoms with Crippen molar-refractivity contribution in [1.29, 1.82) is 0 Å². The van der Waals surface area contributed by atoms with Gasteiger partial charge in [0.15, 0.2) is 0 Å². The average molecular weight is 416 g/mol. The lowest BCUT2D eigenvalue weighted by Gasteiger charge is -2.33. The van der Waals surface area contributed by atoms with E-state index in [1.54, 1.807) is 12.1 Å². The first-order chi connectivity index (χ1) is 13.8. The maximum Gasteiger partial charge on any atom is 0.251 e. The molecule has 0 aliphatic carbocycles. The van der Waals surface area contributed by atoms with E-state index in [1.807, 2.05) is 19.1 Å². The standard InChI is InChI=1S/C22H29N3O3S/c1-16-6-5-13-25(15-16)20-11-9-18(10-12-20)17(2)24-22(26)19-7-4-8-21(14-19)29(27,28)23-3/h4,7-12,14,16-17,23H,5-6,13,15H2,1-3H3,(H,24,26)/t16-,17-/m0/s1. The number of rotatable bonds is 6. The van der Waals surface area contributed by atoms with Crippen molar-refractivity contribution in [2.75, 3.05) is 25.0 Å². The number of carbonyl (C=O) groups is 1. The first kappa shape index (κ1) is 21.3.